The first-order chi connectivity index (χ1) is 14.0. The molecule has 1 aliphatic rings. The second kappa shape index (κ2) is 7.70. The summed E-state index contributed by atoms with van der Waals surface area (Å²) in [5, 5.41) is 0. The third kappa shape index (κ3) is 3.62. The van der Waals surface area contributed by atoms with E-state index in [9.17, 15) is 9.59 Å². The summed E-state index contributed by atoms with van der Waals surface area (Å²) in [6.45, 7) is 6.89. The van der Waals surface area contributed by atoms with E-state index in [1.165, 1.54) is 5.56 Å². The molecule has 1 amide bonds. The summed E-state index contributed by atoms with van der Waals surface area (Å²) in [7, 11) is 0. The molecule has 0 N–H and O–H groups in total. The molecule has 0 radical (unpaired) electrons. The predicted molar refractivity (Wildman–Crippen MR) is 112 cm³/mol. The van der Waals surface area contributed by atoms with Crippen molar-refractivity contribution in [1.82, 2.24) is 9.55 Å². The number of anilines is 1. The Morgan fingerprint density at radius 3 is 2.72 bits per heavy atom. The topological polar surface area (TPSA) is 64.4 Å². The Kier molecular flexibility index (Phi) is 5.09. The monoisotopic (exact) mass is 391 g/mol. The minimum absolute atomic E-state index is 0.0768. The van der Waals surface area contributed by atoms with Gasteiger partial charge in [0, 0.05) is 24.6 Å². The van der Waals surface area contributed by atoms with Crippen LogP contribution in [0.4, 0.5) is 5.69 Å². The van der Waals surface area contributed by atoms with Crippen LogP contribution in [0.1, 0.15) is 36.2 Å². The molecule has 2 heterocycles. The Bertz CT molecular complexity index is 1090. The van der Waals surface area contributed by atoms with Gasteiger partial charge in [0.05, 0.1) is 17.6 Å². The summed E-state index contributed by atoms with van der Waals surface area (Å²) in [4.78, 5) is 31.6. The van der Waals surface area contributed by atoms with Crippen LogP contribution in [0.2, 0.25) is 0 Å². The van der Waals surface area contributed by atoms with Crippen LogP contribution in [0.15, 0.2) is 42.5 Å². The van der Waals surface area contributed by atoms with Crippen molar-refractivity contribution in [2.45, 2.75) is 39.7 Å². The van der Waals surface area contributed by atoms with Gasteiger partial charge in [-0.3, -0.25) is 9.59 Å². The highest BCUT2D eigenvalue weighted by Crippen LogP contribution is 2.33. The number of nitrogens with zero attached hydrogens (tertiary/aromatic N) is 3. The van der Waals surface area contributed by atoms with Crippen molar-refractivity contribution in [2.24, 2.45) is 0 Å². The lowest BCUT2D eigenvalue weighted by Gasteiger charge is -2.18. The lowest BCUT2D eigenvalue weighted by molar-refractivity contribution is -0.143. The molecule has 1 aliphatic heterocycles. The molecule has 1 saturated heterocycles. The molecule has 0 saturated carbocycles. The lowest BCUT2D eigenvalue weighted by Crippen LogP contribution is -2.25. The van der Waals surface area contributed by atoms with Gasteiger partial charge in [-0.2, -0.15) is 0 Å². The normalized spacial score (nSPS) is 16.6. The van der Waals surface area contributed by atoms with Gasteiger partial charge in [0.15, 0.2) is 0 Å². The highest BCUT2D eigenvalue weighted by Gasteiger charge is 2.35. The number of aryl methyl sites for hydroxylation is 2. The van der Waals surface area contributed by atoms with Crippen molar-refractivity contribution in [3.05, 3.63) is 59.4 Å². The fraction of sp³-hybridized carbons (Fsp3) is 0.348. The summed E-state index contributed by atoms with van der Waals surface area (Å²) >= 11 is 0. The minimum Gasteiger partial charge on any atom is -0.465 e. The highest BCUT2D eigenvalue weighted by molar-refractivity contribution is 5.96. The van der Waals surface area contributed by atoms with E-state index < -0.39 is 0 Å². The van der Waals surface area contributed by atoms with E-state index in [-0.39, 0.29) is 24.3 Å². The zero-order valence-corrected chi connectivity index (χ0v) is 17.0. The molecule has 0 aliphatic carbocycles. The third-order valence-electron chi connectivity index (χ3n) is 5.57. The number of hydrogen-bond acceptors (Lipinski definition) is 4. The lowest BCUT2D eigenvalue weighted by atomic mass is 10.1. The van der Waals surface area contributed by atoms with Gasteiger partial charge in [-0.1, -0.05) is 18.2 Å². The molecular formula is C23H25N3O3. The van der Waals surface area contributed by atoms with E-state index in [0.29, 0.717) is 19.6 Å². The highest BCUT2D eigenvalue weighted by atomic mass is 16.5. The smallest absolute Gasteiger partial charge is 0.326 e. The number of esters is 1. The van der Waals surface area contributed by atoms with Crippen LogP contribution in [0, 0.1) is 13.8 Å². The summed E-state index contributed by atoms with van der Waals surface area (Å²) in [5.74, 6) is 0.463. The number of para-hydroxylation sites is 2. The van der Waals surface area contributed by atoms with Crippen molar-refractivity contribution >= 4 is 28.6 Å². The molecule has 4 rings (SSSR count). The molecule has 2 aromatic carbocycles. The van der Waals surface area contributed by atoms with Crippen molar-refractivity contribution in [3.8, 4) is 0 Å². The number of amides is 1. The second-order valence-electron chi connectivity index (χ2n) is 7.52. The molecule has 1 aromatic heterocycles. The van der Waals surface area contributed by atoms with Crippen LogP contribution in [-0.4, -0.2) is 34.6 Å². The maximum absolute atomic E-state index is 12.8. The number of imidazole rings is 1. The molecular weight excluding hydrogens is 366 g/mol. The Hall–Kier alpha value is -3.15. The maximum atomic E-state index is 12.8. The predicted octanol–water partition coefficient (Wildman–Crippen LogP) is 3.74. The van der Waals surface area contributed by atoms with Gasteiger partial charge in [0.1, 0.15) is 12.4 Å². The first-order valence-corrected chi connectivity index (χ1v) is 9.96. The number of rotatable bonds is 5. The van der Waals surface area contributed by atoms with Gasteiger partial charge in [-0.05, 0) is 56.2 Å². The Labute approximate surface area is 170 Å². The van der Waals surface area contributed by atoms with Crippen molar-refractivity contribution in [3.63, 3.8) is 0 Å². The number of benzene rings is 2. The van der Waals surface area contributed by atoms with Crippen molar-refractivity contribution in [2.75, 3.05) is 18.1 Å². The fourth-order valence-corrected chi connectivity index (χ4v) is 3.93. The summed E-state index contributed by atoms with van der Waals surface area (Å²) < 4.78 is 7.05. The van der Waals surface area contributed by atoms with Crippen LogP contribution in [0.25, 0.3) is 11.0 Å². The third-order valence-corrected chi connectivity index (χ3v) is 5.57. The van der Waals surface area contributed by atoms with E-state index in [1.807, 2.05) is 45.9 Å². The zero-order chi connectivity index (χ0) is 20.5. The molecule has 1 unspecified atom stereocenters. The van der Waals surface area contributed by atoms with Crippen LogP contribution in [0.3, 0.4) is 0 Å². The summed E-state index contributed by atoms with van der Waals surface area (Å²) in [6, 6.07) is 13.8. The minimum atomic E-state index is -0.299. The molecule has 150 valence electrons. The number of hydrogen-bond donors (Lipinski definition) is 0. The van der Waals surface area contributed by atoms with Gasteiger partial charge in [0.25, 0.3) is 0 Å². The first kappa shape index (κ1) is 19.2. The standard InChI is InChI=1S/C23H25N3O3/c1-4-29-22(28)14-26-20-8-6-5-7-19(20)24-23(26)17-12-21(27)25(13-17)18-10-9-15(2)16(3)11-18/h5-11,17H,4,12-14H2,1-3H3. The Balaban J connectivity index is 1.68. The Morgan fingerprint density at radius 1 is 1.17 bits per heavy atom. The zero-order valence-electron chi connectivity index (χ0n) is 17.0. The molecule has 0 bridgehead atoms. The largest absolute Gasteiger partial charge is 0.465 e. The van der Waals surface area contributed by atoms with E-state index >= 15 is 0 Å². The van der Waals surface area contributed by atoms with Gasteiger partial charge in [-0.25, -0.2) is 4.98 Å². The number of carbonyl (C=O) groups excluding carboxylic acids is 2. The van der Waals surface area contributed by atoms with Crippen molar-refractivity contribution in [1.29, 1.82) is 0 Å². The summed E-state index contributed by atoms with van der Waals surface area (Å²) in [5.41, 5.74) is 4.98. The van der Waals surface area contributed by atoms with Crippen molar-refractivity contribution < 1.29 is 14.3 Å². The number of carbonyl (C=O) groups is 2. The molecule has 1 fully saturated rings. The van der Waals surface area contributed by atoms with E-state index in [4.69, 9.17) is 9.72 Å². The summed E-state index contributed by atoms with van der Waals surface area (Å²) in [6.07, 6.45) is 0.374. The number of fused-ring (bicyclic) bond motifs is 1. The SMILES string of the molecule is CCOC(=O)Cn1c(C2CC(=O)N(c3ccc(C)c(C)c3)C2)nc2ccccc21. The van der Waals surface area contributed by atoms with Gasteiger partial charge >= 0.3 is 5.97 Å². The number of ether oxygens (including phenoxy) is 1. The molecule has 29 heavy (non-hydrogen) atoms. The van der Waals surface area contributed by atoms with Gasteiger partial charge in [-0.15, -0.1) is 0 Å². The molecule has 1 atom stereocenters. The average molecular weight is 391 g/mol. The Morgan fingerprint density at radius 2 is 1.97 bits per heavy atom. The van der Waals surface area contributed by atoms with Crippen LogP contribution in [0.5, 0.6) is 0 Å². The quantitative estimate of drug-likeness (QED) is 0.622. The fourth-order valence-electron chi connectivity index (χ4n) is 3.93. The maximum Gasteiger partial charge on any atom is 0.326 e. The van der Waals surface area contributed by atoms with Crippen LogP contribution >= 0.6 is 0 Å². The molecule has 3 aromatic rings. The molecule has 0 spiro atoms. The van der Waals surface area contributed by atoms with Gasteiger partial charge < -0.3 is 14.2 Å². The van der Waals surface area contributed by atoms with E-state index in [0.717, 1.165) is 28.1 Å². The molecule has 6 nitrogen and oxygen atoms in total. The molecule has 6 heteroatoms. The average Bonchev–Trinajstić information content (AvgIpc) is 3.25. The first-order valence-electron chi connectivity index (χ1n) is 9.96. The van der Waals surface area contributed by atoms with Crippen LogP contribution < -0.4 is 4.90 Å². The van der Waals surface area contributed by atoms with E-state index in [2.05, 4.69) is 19.9 Å². The van der Waals surface area contributed by atoms with Gasteiger partial charge in [0.2, 0.25) is 5.91 Å². The van der Waals surface area contributed by atoms with E-state index in [1.54, 1.807) is 6.92 Å². The number of aromatic nitrogens is 2. The second-order valence-corrected chi connectivity index (χ2v) is 7.52. The van der Waals surface area contributed by atoms with Crippen LogP contribution in [-0.2, 0) is 20.9 Å².